The van der Waals surface area contributed by atoms with E-state index in [0.29, 0.717) is 22.8 Å². The highest BCUT2D eigenvalue weighted by Crippen LogP contribution is 2.23. The van der Waals surface area contributed by atoms with Gasteiger partial charge in [0.2, 0.25) is 11.8 Å². The zero-order valence-corrected chi connectivity index (χ0v) is 17.6. The first-order chi connectivity index (χ1) is 15.1. The Hall–Kier alpha value is -3.57. The third kappa shape index (κ3) is 6.46. The number of carbonyl (C=O) groups is 2. The summed E-state index contributed by atoms with van der Waals surface area (Å²) in [5.74, 6) is -0.830. The second kappa shape index (κ2) is 11.0. The summed E-state index contributed by atoms with van der Waals surface area (Å²) in [6.07, 6.45) is 2.22. The number of carbonyl (C=O) groups excluding carboxylic acids is 2. The largest absolute Gasteiger partial charge is 0.311 e. The minimum Gasteiger partial charge on any atom is -0.311 e. The van der Waals surface area contributed by atoms with Crippen molar-refractivity contribution in [2.75, 3.05) is 16.8 Å². The van der Waals surface area contributed by atoms with Crippen molar-refractivity contribution in [1.29, 1.82) is 5.26 Å². The molecule has 2 amide bonds. The smallest absolute Gasteiger partial charge is 0.227 e. The quantitative estimate of drug-likeness (QED) is 0.534. The van der Waals surface area contributed by atoms with Crippen LogP contribution in [0.2, 0.25) is 0 Å². The molecule has 1 aromatic heterocycles. The van der Waals surface area contributed by atoms with E-state index >= 15 is 0 Å². The number of nitriles is 1. The Morgan fingerprint density at radius 3 is 2.58 bits per heavy atom. The number of thiazole rings is 1. The van der Waals surface area contributed by atoms with Crippen molar-refractivity contribution in [2.45, 2.75) is 25.7 Å². The van der Waals surface area contributed by atoms with Gasteiger partial charge < -0.3 is 10.2 Å². The van der Waals surface area contributed by atoms with Gasteiger partial charge >= 0.3 is 0 Å². The van der Waals surface area contributed by atoms with Gasteiger partial charge in [0.25, 0.3) is 0 Å². The average Bonchev–Trinajstić information content (AvgIpc) is 3.21. The second-order valence-corrected chi connectivity index (χ2v) is 7.85. The number of halogens is 1. The van der Waals surface area contributed by atoms with E-state index in [9.17, 15) is 14.0 Å². The molecule has 0 radical (unpaired) electrons. The van der Waals surface area contributed by atoms with Crippen LogP contribution >= 0.6 is 11.3 Å². The summed E-state index contributed by atoms with van der Waals surface area (Å²) in [5.41, 5.74) is 1.26. The summed E-state index contributed by atoms with van der Waals surface area (Å²) < 4.78 is 13.8. The van der Waals surface area contributed by atoms with Gasteiger partial charge in [-0.2, -0.15) is 5.26 Å². The fourth-order valence-corrected chi connectivity index (χ4v) is 3.83. The van der Waals surface area contributed by atoms with E-state index in [1.54, 1.807) is 36.5 Å². The van der Waals surface area contributed by atoms with Crippen LogP contribution in [0.3, 0.4) is 0 Å². The maximum atomic E-state index is 13.8. The van der Waals surface area contributed by atoms with E-state index in [1.165, 1.54) is 22.3 Å². The van der Waals surface area contributed by atoms with Gasteiger partial charge in [0.05, 0.1) is 12.5 Å². The summed E-state index contributed by atoms with van der Waals surface area (Å²) in [4.78, 5) is 31.4. The van der Waals surface area contributed by atoms with Crippen LogP contribution in [0.15, 0.2) is 60.8 Å². The number of rotatable bonds is 9. The molecule has 0 aliphatic carbocycles. The molecule has 1 heterocycles. The monoisotopic (exact) mass is 436 g/mol. The van der Waals surface area contributed by atoms with Gasteiger partial charge in [-0.1, -0.05) is 36.4 Å². The Balaban J connectivity index is 1.53. The zero-order chi connectivity index (χ0) is 22.1. The molecule has 0 unspecified atom stereocenters. The van der Waals surface area contributed by atoms with Crippen molar-refractivity contribution < 1.29 is 14.0 Å². The van der Waals surface area contributed by atoms with Crippen LogP contribution in [-0.4, -0.2) is 23.3 Å². The highest BCUT2D eigenvalue weighted by atomic mass is 32.1. The molecule has 0 aliphatic rings. The first kappa shape index (κ1) is 22.1. The number of benzene rings is 2. The van der Waals surface area contributed by atoms with Crippen LogP contribution in [0, 0.1) is 17.1 Å². The third-order valence-corrected chi connectivity index (χ3v) is 5.42. The first-order valence-corrected chi connectivity index (χ1v) is 10.6. The topological polar surface area (TPSA) is 86.1 Å². The van der Waals surface area contributed by atoms with Crippen molar-refractivity contribution in [3.05, 3.63) is 77.1 Å². The molecule has 3 aromatic rings. The number of amides is 2. The van der Waals surface area contributed by atoms with Gasteiger partial charge in [0.15, 0.2) is 5.13 Å². The minimum atomic E-state index is -0.326. The lowest BCUT2D eigenvalue weighted by Gasteiger charge is -2.21. The Morgan fingerprint density at radius 2 is 1.84 bits per heavy atom. The first-order valence-electron chi connectivity index (χ1n) is 9.77. The Morgan fingerprint density at radius 1 is 1.10 bits per heavy atom. The molecule has 31 heavy (non-hydrogen) atoms. The highest BCUT2D eigenvalue weighted by Gasteiger charge is 2.17. The minimum absolute atomic E-state index is 0.00303. The Labute approximate surface area is 184 Å². The third-order valence-electron chi connectivity index (χ3n) is 4.50. The van der Waals surface area contributed by atoms with Crippen LogP contribution in [0.5, 0.6) is 0 Å². The van der Waals surface area contributed by atoms with Crippen molar-refractivity contribution in [3.63, 3.8) is 0 Å². The molecule has 0 bridgehead atoms. The van der Waals surface area contributed by atoms with Crippen LogP contribution in [0.25, 0.3) is 0 Å². The van der Waals surface area contributed by atoms with Crippen molar-refractivity contribution >= 4 is 34.0 Å². The van der Waals surface area contributed by atoms with Crippen molar-refractivity contribution in [1.82, 2.24) is 4.98 Å². The number of hydrogen-bond acceptors (Lipinski definition) is 5. The molecule has 0 aliphatic heterocycles. The molecule has 8 heteroatoms. The number of nitrogens with zero attached hydrogens (tertiary/aromatic N) is 3. The molecule has 1 N–H and O–H groups in total. The molecule has 0 saturated carbocycles. The molecular formula is C23H21FN4O2S. The molecule has 3 rings (SSSR count). The number of hydrogen-bond donors (Lipinski definition) is 1. The maximum Gasteiger partial charge on any atom is 0.227 e. The van der Waals surface area contributed by atoms with Gasteiger partial charge in [-0.25, -0.2) is 9.37 Å². The average molecular weight is 437 g/mol. The lowest BCUT2D eigenvalue weighted by molar-refractivity contribution is -0.122. The van der Waals surface area contributed by atoms with Gasteiger partial charge in [-0.15, -0.1) is 11.3 Å². The van der Waals surface area contributed by atoms with Crippen LogP contribution in [-0.2, 0) is 16.0 Å². The maximum absolute atomic E-state index is 13.8. The molecule has 2 aromatic carbocycles. The molecule has 0 spiro atoms. The Bertz CT molecular complexity index is 1080. The van der Waals surface area contributed by atoms with E-state index in [2.05, 4.69) is 10.3 Å². The SMILES string of the molecule is N#CCCN(C(=O)CCC(=O)Nc1ncc(Cc2ccccc2F)s1)c1ccccc1. The molecule has 0 fully saturated rings. The van der Waals surface area contributed by atoms with Crippen molar-refractivity contribution in [3.8, 4) is 6.07 Å². The van der Waals surface area contributed by atoms with E-state index in [4.69, 9.17) is 5.26 Å². The Kier molecular flexibility index (Phi) is 7.85. The second-order valence-electron chi connectivity index (χ2n) is 6.74. The number of para-hydroxylation sites is 1. The predicted octanol–water partition coefficient (Wildman–Crippen LogP) is 4.54. The number of aromatic nitrogens is 1. The predicted molar refractivity (Wildman–Crippen MR) is 118 cm³/mol. The van der Waals surface area contributed by atoms with Gasteiger partial charge in [-0.3, -0.25) is 9.59 Å². The number of anilines is 2. The van der Waals surface area contributed by atoms with E-state index in [-0.39, 0.29) is 43.4 Å². The van der Waals surface area contributed by atoms with Crippen molar-refractivity contribution in [2.24, 2.45) is 0 Å². The summed E-state index contributed by atoms with van der Waals surface area (Å²) >= 11 is 1.27. The van der Waals surface area contributed by atoms with E-state index in [0.717, 1.165) is 4.88 Å². The molecule has 6 nitrogen and oxygen atoms in total. The van der Waals surface area contributed by atoms with E-state index < -0.39 is 0 Å². The standard InChI is InChI=1S/C23H21FN4O2S/c24-20-10-5-4-7-17(20)15-19-16-26-23(31-19)27-21(29)11-12-22(30)28(14-6-13-25)18-8-2-1-3-9-18/h1-5,7-10,16H,6,11-12,14-15H2,(H,26,27,29). The molecular weight excluding hydrogens is 415 g/mol. The fraction of sp³-hybridized carbons (Fsp3) is 0.217. The summed E-state index contributed by atoms with van der Waals surface area (Å²) in [5, 5.41) is 12.0. The summed E-state index contributed by atoms with van der Waals surface area (Å²) in [7, 11) is 0. The normalized spacial score (nSPS) is 10.3. The lowest BCUT2D eigenvalue weighted by Crippen LogP contribution is -2.32. The van der Waals surface area contributed by atoms with Crippen LogP contribution < -0.4 is 10.2 Å². The molecule has 158 valence electrons. The van der Waals surface area contributed by atoms with Gasteiger partial charge in [-0.05, 0) is 23.8 Å². The summed E-state index contributed by atoms with van der Waals surface area (Å²) in [6, 6.07) is 17.6. The zero-order valence-electron chi connectivity index (χ0n) is 16.8. The summed E-state index contributed by atoms with van der Waals surface area (Å²) in [6.45, 7) is 0.271. The number of nitrogens with one attached hydrogen (secondary N) is 1. The lowest BCUT2D eigenvalue weighted by atomic mass is 10.1. The molecule has 0 atom stereocenters. The van der Waals surface area contributed by atoms with Crippen LogP contribution in [0.1, 0.15) is 29.7 Å². The van der Waals surface area contributed by atoms with Gasteiger partial charge in [0.1, 0.15) is 5.82 Å². The van der Waals surface area contributed by atoms with E-state index in [1.807, 2.05) is 24.3 Å². The fourth-order valence-electron chi connectivity index (χ4n) is 2.98. The molecule has 0 saturated heterocycles. The van der Waals surface area contributed by atoms with Crippen LogP contribution in [0.4, 0.5) is 15.2 Å². The van der Waals surface area contributed by atoms with Gasteiger partial charge in [0, 0.05) is 42.6 Å². The highest BCUT2D eigenvalue weighted by molar-refractivity contribution is 7.15.